The number of rotatable bonds is 3. The minimum absolute atomic E-state index is 0.300. The first-order valence-electron chi connectivity index (χ1n) is 5.89. The van der Waals surface area contributed by atoms with Gasteiger partial charge < -0.3 is 10.1 Å². The number of hydrogen-bond acceptors (Lipinski definition) is 4. The zero-order valence-corrected chi connectivity index (χ0v) is 12.0. The van der Waals surface area contributed by atoms with Crippen molar-refractivity contribution in [3.63, 3.8) is 0 Å². The molecule has 0 atom stereocenters. The Morgan fingerprint density at radius 3 is 2.32 bits per heavy atom. The number of benzene rings is 1. The van der Waals surface area contributed by atoms with Crippen LogP contribution in [-0.4, -0.2) is 22.5 Å². The number of carbonyl (C=O) groups is 2. The second-order valence-electron chi connectivity index (χ2n) is 5.01. The van der Waals surface area contributed by atoms with E-state index in [1.54, 1.807) is 32.9 Å². The zero-order chi connectivity index (χ0) is 14.5. The molecule has 0 bridgehead atoms. The summed E-state index contributed by atoms with van der Waals surface area (Å²) in [6.07, 6.45) is -0.343. The Morgan fingerprint density at radius 1 is 1.21 bits per heavy atom. The SMILES string of the molecule is CC(C)(C)OC(=O)CC(=O)NC(=S)c1ccccc1. The summed E-state index contributed by atoms with van der Waals surface area (Å²) in [5.74, 6) is -1.04. The highest BCUT2D eigenvalue weighted by atomic mass is 32.1. The van der Waals surface area contributed by atoms with Gasteiger partial charge in [0.1, 0.15) is 17.0 Å². The summed E-state index contributed by atoms with van der Waals surface area (Å²) in [5, 5.41) is 2.50. The first kappa shape index (κ1) is 15.3. The molecule has 1 aromatic rings. The van der Waals surface area contributed by atoms with Crippen molar-refractivity contribution in [2.24, 2.45) is 0 Å². The van der Waals surface area contributed by atoms with Crippen LogP contribution in [0.1, 0.15) is 32.8 Å². The fourth-order valence-corrected chi connectivity index (χ4v) is 1.59. The van der Waals surface area contributed by atoms with Crippen LogP contribution in [0.15, 0.2) is 30.3 Å². The van der Waals surface area contributed by atoms with Gasteiger partial charge in [-0.2, -0.15) is 0 Å². The van der Waals surface area contributed by atoms with E-state index in [1.807, 2.05) is 18.2 Å². The second-order valence-corrected chi connectivity index (χ2v) is 5.41. The van der Waals surface area contributed by atoms with Crippen molar-refractivity contribution in [3.8, 4) is 0 Å². The van der Waals surface area contributed by atoms with Gasteiger partial charge >= 0.3 is 5.97 Å². The summed E-state index contributed by atoms with van der Waals surface area (Å²) in [6.45, 7) is 5.24. The molecule has 0 aliphatic rings. The van der Waals surface area contributed by atoms with Gasteiger partial charge in [-0.05, 0) is 20.8 Å². The van der Waals surface area contributed by atoms with Gasteiger partial charge in [0.2, 0.25) is 5.91 Å². The maximum atomic E-state index is 11.6. The lowest BCUT2D eigenvalue weighted by molar-refractivity contribution is -0.156. The van der Waals surface area contributed by atoms with Crippen molar-refractivity contribution >= 4 is 29.1 Å². The fourth-order valence-electron chi connectivity index (χ4n) is 1.34. The highest BCUT2D eigenvalue weighted by Crippen LogP contribution is 2.08. The third-order valence-electron chi connectivity index (χ3n) is 2.01. The standard InChI is InChI=1S/C14H17NO3S/c1-14(2,3)18-12(17)9-11(16)15-13(19)10-7-5-4-6-8-10/h4-8H,9H2,1-3H3,(H,15,16,19). The molecule has 0 fully saturated rings. The highest BCUT2D eigenvalue weighted by molar-refractivity contribution is 7.80. The highest BCUT2D eigenvalue weighted by Gasteiger charge is 2.19. The number of thiocarbonyl (C=S) groups is 1. The number of esters is 1. The van der Waals surface area contributed by atoms with E-state index in [4.69, 9.17) is 17.0 Å². The molecule has 0 aliphatic heterocycles. The van der Waals surface area contributed by atoms with Gasteiger partial charge in [-0.1, -0.05) is 42.5 Å². The Hall–Kier alpha value is -1.75. The lowest BCUT2D eigenvalue weighted by Gasteiger charge is -2.19. The first-order chi connectivity index (χ1) is 8.78. The van der Waals surface area contributed by atoms with Crippen LogP contribution in [0.25, 0.3) is 0 Å². The van der Waals surface area contributed by atoms with E-state index < -0.39 is 17.5 Å². The number of hydrogen-bond donors (Lipinski definition) is 1. The zero-order valence-electron chi connectivity index (χ0n) is 11.2. The normalized spacial score (nSPS) is 10.7. The van der Waals surface area contributed by atoms with Gasteiger partial charge in [0, 0.05) is 5.56 Å². The lowest BCUT2D eigenvalue weighted by Crippen LogP contribution is -2.33. The second kappa shape index (κ2) is 6.43. The van der Waals surface area contributed by atoms with Gasteiger partial charge in [-0.15, -0.1) is 0 Å². The molecule has 19 heavy (non-hydrogen) atoms. The van der Waals surface area contributed by atoms with Gasteiger partial charge in [0.05, 0.1) is 0 Å². The Bertz CT molecular complexity index is 477. The number of nitrogens with one attached hydrogen (secondary N) is 1. The quantitative estimate of drug-likeness (QED) is 0.523. The van der Waals surface area contributed by atoms with Crippen molar-refractivity contribution in [2.45, 2.75) is 32.8 Å². The maximum Gasteiger partial charge on any atom is 0.315 e. The molecular weight excluding hydrogens is 262 g/mol. The number of carbonyl (C=O) groups excluding carboxylic acids is 2. The van der Waals surface area contributed by atoms with Gasteiger partial charge in [0.25, 0.3) is 0 Å². The van der Waals surface area contributed by atoms with Crippen LogP contribution in [-0.2, 0) is 14.3 Å². The van der Waals surface area contributed by atoms with Gasteiger partial charge in [-0.3, -0.25) is 9.59 Å². The Labute approximate surface area is 118 Å². The average molecular weight is 279 g/mol. The third-order valence-corrected chi connectivity index (χ3v) is 2.35. The van der Waals surface area contributed by atoms with E-state index in [0.29, 0.717) is 4.99 Å². The third kappa shape index (κ3) is 6.10. The van der Waals surface area contributed by atoms with Crippen molar-refractivity contribution in [3.05, 3.63) is 35.9 Å². The fraction of sp³-hybridized carbons (Fsp3) is 0.357. The van der Waals surface area contributed by atoms with E-state index in [2.05, 4.69) is 5.32 Å². The van der Waals surface area contributed by atoms with Crippen molar-refractivity contribution in [1.82, 2.24) is 5.32 Å². The van der Waals surface area contributed by atoms with Crippen LogP contribution >= 0.6 is 12.2 Å². The molecule has 5 heteroatoms. The van der Waals surface area contributed by atoms with Crippen LogP contribution in [0, 0.1) is 0 Å². The van der Waals surface area contributed by atoms with Crippen LogP contribution in [0.4, 0.5) is 0 Å². The van der Waals surface area contributed by atoms with Crippen LogP contribution in [0.2, 0.25) is 0 Å². The predicted molar refractivity (Wildman–Crippen MR) is 76.7 cm³/mol. The average Bonchev–Trinajstić information content (AvgIpc) is 2.27. The molecule has 0 unspecified atom stereocenters. The maximum absolute atomic E-state index is 11.6. The van der Waals surface area contributed by atoms with Gasteiger partial charge in [0.15, 0.2) is 0 Å². The Morgan fingerprint density at radius 2 is 1.79 bits per heavy atom. The molecular formula is C14H17NO3S. The molecule has 102 valence electrons. The van der Waals surface area contributed by atoms with Crippen molar-refractivity contribution < 1.29 is 14.3 Å². The van der Waals surface area contributed by atoms with Crippen LogP contribution in [0.3, 0.4) is 0 Å². The summed E-state index contributed by atoms with van der Waals surface area (Å²) in [5.41, 5.74) is 0.132. The summed E-state index contributed by atoms with van der Waals surface area (Å²) in [6, 6.07) is 9.07. The van der Waals surface area contributed by atoms with E-state index in [9.17, 15) is 9.59 Å². The predicted octanol–water partition coefficient (Wildman–Crippen LogP) is 2.21. The summed E-state index contributed by atoms with van der Waals surface area (Å²) in [7, 11) is 0. The molecule has 1 aromatic carbocycles. The molecule has 1 N–H and O–H groups in total. The minimum Gasteiger partial charge on any atom is -0.460 e. The molecule has 0 spiro atoms. The van der Waals surface area contributed by atoms with E-state index in [1.165, 1.54) is 0 Å². The molecule has 0 saturated carbocycles. The lowest BCUT2D eigenvalue weighted by atomic mass is 10.2. The smallest absolute Gasteiger partial charge is 0.315 e. The van der Waals surface area contributed by atoms with E-state index >= 15 is 0 Å². The number of ether oxygens (including phenoxy) is 1. The van der Waals surface area contributed by atoms with Gasteiger partial charge in [-0.25, -0.2) is 0 Å². The van der Waals surface area contributed by atoms with E-state index in [-0.39, 0.29) is 6.42 Å². The van der Waals surface area contributed by atoms with Crippen molar-refractivity contribution in [1.29, 1.82) is 0 Å². The Balaban J connectivity index is 2.48. The van der Waals surface area contributed by atoms with Crippen LogP contribution in [0.5, 0.6) is 0 Å². The molecule has 0 aromatic heterocycles. The molecule has 1 rings (SSSR count). The Kier molecular flexibility index (Phi) is 5.18. The topological polar surface area (TPSA) is 55.4 Å². The summed E-state index contributed by atoms with van der Waals surface area (Å²) in [4.78, 5) is 23.4. The molecule has 4 nitrogen and oxygen atoms in total. The van der Waals surface area contributed by atoms with E-state index in [0.717, 1.165) is 5.56 Å². The number of amides is 1. The summed E-state index contributed by atoms with van der Waals surface area (Å²) < 4.78 is 5.05. The molecule has 0 saturated heterocycles. The summed E-state index contributed by atoms with van der Waals surface area (Å²) >= 11 is 5.08. The first-order valence-corrected chi connectivity index (χ1v) is 6.30. The molecule has 0 radical (unpaired) electrons. The largest absolute Gasteiger partial charge is 0.460 e. The van der Waals surface area contributed by atoms with Crippen molar-refractivity contribution in [2.75, 3.05) is 0 Å². The van der Waals surface area contributed by atoms with Crippen LogP contribution < -0.4 is 5.32 Å². The molecule has 1 amide bonds. The monoisotopic (exact) mass is 279 g/mol. The molecule has 0 heterocycles. The minimum atomic E-state index is -0.600. The molecule has 0 aliphatic carbocycles.